The van der Waals surface area contributed by atoms with Gasteiger partial charge >= 0.3 is 5.97 Å². The van der Waals surface area contributed by atoms with E-state index in [0.29, 0.717) is 16.8 Å². The van der Waals surface area contributed by atoms with E-state index in [0.717, 1.165) is 6.54 Å². The van der Waals surface area contributed by atoms with Crippen LogP contribution in [-0.2, 0) is 13.2 Å². The average Bonchev–Trinajstić information content (AvgIpc) is 2.83. The van der Waals surface area contributed by atoms with Crippen LogP contribution in [0.1, 0.15) is 30.0 Å². The molecule has 0 atom stereocenters. The molecule has 0 saturated heterocycles. The first-order valence-electron chi connectivity index (χ1n) is 6.49. The molecule has 21 heavy (non-hydrogen) atoms. The number of benzene rings is 1. The molecule has 0 spiro atoms. The van der Waals surface area contributed by atoms with Gasteiger partial charge in [0.1, 0.15) is 24.2 Å². The number of ether oxygens (including phenoxy) is 1. The molecule has 0 radical (unpaired) electrons. The molecule has 0 unspecified atom stereocenters. The molecule has 0 aliphatic carbocycles. The van der Waals surface area contributed by atoms with Crippen molar-refractivity contribution in [2.75, 3.05) is 0 Å². The van der Waals surface area contributed by atoms with Crippen molar-refractivity contribution in [2.45, 2.75) is 27.0 Å². The number of carboxylic acid groups (broad SMARTS) is 1. The Morgan fingerprint density at radius 1 is 1.48 bits per heavy atom. The number of rotatable bonds is 6. The Balaban J connectivity index is 2.14. The highest BCUT2D eigenvalue weighted by molar-refractivity contribution is 6.31. The summed E-state index contributed by atoms with van der Waals surface area (Å²) in [6.07, 6.45) is 1.46. The maximum atomic E-state index is 11.2. The highest BCUT2D eigenvalue weighted by Crippen LogP contribution is 2.23. The van der Waals surface area contributed by atoms with Gasteiger partial charge in [0.15, 0.2) is 5.82 Å². The number of carbonyl (C=O) groups is 1. The third-order valence-corrected chi connectivity index (χ3v) is 3.00. The zero-order chi connectivity index (χ0) is 15.4. The second-order valence-corrected chi connectivity index (χ2v) is 5.42. The Hall–Kier alpha value is -2.08. The molecule has 0 aliphatic heterocycles. The molecule has 112 valence electrons. The minimum Gasteiger partial charge on any atom is -0.485 e. The molecular formula is C14H16ClN3O3. The van der Waals surface area contributed by atoms with Crippen molar-refractivity contribution in [3.63, 3.8) is 0 Å². The van der Waals surface area contributed by atoms with Crippen LogP contribution in [0.3, 0.4) is 0 Å². The van der Waals surface area contributed by atoms with Gasteiger partial charge in [0, 0.05) is 11.6 Å². The number of nitrogens with zero attached hydrogens (tertiary/aromatic N) is 3. The van der Waals surface area contributed by atoms with Gasteiger partial charge < -0.3 is 9.84 Å². The van der Waals surface area contributed by atoms with Crippen molar-refractivity contribution in [3.8, 4) is 5.75 Å². The Morgan fingerprint density at radius 2 is 2.24 bits per heavy atom. The zero-order valence-corrected chi connectivity index (χ0v) is 12.5. The fourth-order valence-corrected chi connectivity index (χ4v) is 2.01. The van der Waals surface area contributed by atoms with Crippen LogP contribution in [0.5, 0.6) is 5.75 Å². The predicted octanol–water partition coefficient (Wildman–Crippen LogP) is 2.86. The second-order valence-electron chi connectivity index (χ2n) is 4.99. The first-order chi connectivity index (χ1) is 9.97. The van der Waals surface area contributed by atoms with Crippen LogP contribution < -0.4 is 4.74 Å². The molecule has 0 aliphatic rings. The van der Waals surface area contributed by atoms with Crippen molar-refractivity contribution < 1.29 is 14.6 Å². The van der Waals surface area contributed by atoms with Crippen LogP contribution in [0.2, 0.25) is 5.02 Å². The lowest BCUT2D eigenvalue weighted by atomic mass is 10.2. The van der Waals surface area contributed by atoms with E-state index in [1.807, 2.05) is 0 Å². The molecular weight excluding hydrogens is 294 g/mol. The Labute approximate surface area is 127 Å². The van der Waals surface area contributed by atoms with E-state index in [-0.39, 0.29) is 17.9 Å². The fourth-order valence-electron chi connectivity index (χ4n) is 1.84. The quantitative estimate of drug-likeness (QED) is 0.887. The SMILES string of the molecule is CC(C)Cn1ncnc1COc1ccc(Cl)cc1C(=O)O. The number of hydrogen-bond donors (Lipinski definition) is 1. The average molecular weight is 310 g/mol. The number of carboxylic acids is 1. The smallest absolute Gasteiger partial charge is 0.339 e. The summed E-state index contributed by atoms with van der Waals surface area (Å²) in [6.45, 7) is 5.03. The van der Waals surface area contributed by atoms with Gasteiger partial charge in [-0.3, -0.25) is 0 Å². The van der Waals surface area contributed by atoms with Gasteiger partial charge in [0.2, 0.25) is 0 Å². The van der Waals surface area contributed by atoms with E-state index in [4.69, 9.17) is 21.4 Å². The van der Waals surface area contributed by atoms with E-state index in [1.54, 1.807) is 10.7 Å². The third-order valence-electron chi connectivity index (χ3n) is 2.76. The molecule has 0 amide bonds. The molecule has 0 bridgehead atoms. The summed E-state index contributed by atoms with van der Waals surface area (Å²) >= 11 is 5.80. The van der Waals surface area contributed by atoms with Gasteiger partial charge in [0.25, 0.3) is 0 Å². The normalized spacial score (nSPS) is 10.9. The van der Waals surface area contributed by atoms with Crippen LogP contribution in [0.15, 0.2) is 24.5 Å². The molecule has 0 fully saturated rings. The number of halogens is 1. The number of aromatic nitrogens is 3. The van der Waals surface area contributed by atoms with E-state index in [2.05, 4.69) is 23.9 Å². The van der Waals surface area contributed by atoms with Gasteiger partial charge in [-0.1, -0.05) is 25.4 Å². The molecule has 1 N–H and O–H groups in total. The summed E-state index contributed by atoms with van der Waals surface area (Å²) in [5, 5.41) is 13.6. The summed E-state index contributed by atoms with van der Waals surface area (Å²) < 4.78 is 7.31. The first kappa shape index (κ1) is 15.3. The van der Waals surface area contributed by atoms with Gasteiger partial charge in [-0.15, -0.1) is 0 Å². The minimum atomic E-state index is -1.09. The highest BCUT2D eigenvalue weighted by Gasteiger charge is 2.14. The second kappa shape index (κ2) is 6.58. The Bertz CT molecular complexity index is 640. The van der Waals surface area contributed by atoms with E-state index >= 15 is 0 Å². The first-order valence-corrected chi connectivity index (χ1v) is 6.87. The summed E-state index contributed by atoms with van der Waals surface area (Å²) in [5.41, 5.74) is 0.0254. The summed E-state index contributed by atoms with van der Waals surface area (Å²) in [5.74, 6) is 0.243. The standard InChI is InChI=1S/C14H16ClN3O3/c1-9(2)6-18-13(16-8-17-18)7-21-12-4-3-10(15)5-11(12)14(19)20/h3-5,8-9H,6-7H2,1-2H3,(H,19,20). The van der Waals surface area contributed by atoms with Crippen LogP contribution in [-0.4, -0.2) is 25.8 Å². The fraction of sp³-hybridized carbons (Fsp3) is 0.357. The third kappa shape index (κ3) is 3.95. The van der Waals surface area contributed by atoms with Crippen molar-refractivity contribution in [3.05, 3.63) is 40.9 Å². The Morgan fingerprint density at radius 3 is 2.90 bits per heavy atom. The predicted molar refractivity (Wildman–Crippen MR) is 77.6 cm³/mol. The van der Waals surface area contributed by atoms with Crippen molar-refractivity contribution in [1.29, 1.82) is 0 Å². The van der Waals surface area contributed by atoms with E-state index in [9.17, 15) is 4.79 Å². The maximum Gasteiger partial charge on any atom is 0.339 e. The maximum absolute atomic E-state index is 11.2. The topological polar surface area (TPSA) is 77.2 Å². The lowest BCUT2D eigenvalue weighted by molar-refractivity contribution is 0.0691. The van der Waals surface area contributed by atoms with Crippen LogP contribution in [0.25, 0.3) is 0 Å². The van der Waals surface area contributed by atoms with Crippen LogP contribution >= 0.6 is 11.6 Å². The highest BCUT2D eigenvalue weighted by atomic mass is 35.5. The van der Waals surface area contributed by atoms with Gasteiger partial charge in [-0.25, -0.2) is 14.5 Å². The largest absolute Gasteiger partial charge is 0.485 e. The number of aromatic carboxylic acids is 1. The van der Waals surface area contributed by atoms with Gasteiger partial charge in [0.05, 0.1) is 0 Å². The van der Waals surface area contributed by atoms with Crippen molar-refractivity contribution in [1.82, 2.24) is 14.8 Å². The van der Waals surface area contributed by atoms with Crippen LogP contribution in [0, 0.1) is 5.92 Å². The lowest BCUT2D eigenvalue weighted by Crippen LogP contribution is -2.13. The van der Waals surface area contributed by atoms with Crippen molar-refractivity contribution in [2.24, 2.45) is 5.92 Å². The molecule has 2 rings (SSSR count). The molecule has 0 saturated carbocycles. The monoisotopic (exact) mass is 309 g/mol. The summed E-state index contributed by atoms with van der Waals surface area (Å²) in [7, 11) is 0. The lowest BCUT2D eigenvalue weighted by Gasteiger charge is -2.11. The van der Waals surface area contributed by atoms with Gasteiger partial charge in [-0.05, 0) is 24.1 Å². The molecule has 6 nitrogen and oxygen atoms in total. The van der Waals surface area contributed by atoms with E-state index < -0.39 is 5.97 Å². The molecule has 7 heteroatoms. The minimum absolute atomic E-state index is 0.0254. The number of hydrogen-bond acceptors (Lipinski definition) is 4. The van der Waals surface area contributed by atoms with Gasteiger partial charge in [-0.2, -0.15) is 5.10 Å². The summed E-state index contributed by atoms with van der Waals surface area (Å²) in [6, 6.07) is 4.48. The Kier molecular flexibility index (Phi) is 4.80. The molecule has 1 heterocycles. The van der Waals surface area contributed by atoms with Crippen molar-refractivity contribution >= 4 is 17.6 Å². The zero-order valence-electron chi connectivity index (χ0n) is 11.8. The summed E-state index contributed by atoms with van der Waals surface area (Å²) in [4.78, 5) is 15.3. The molecule has 1 aromatic carbocycles. The molecule has 1 aromatic heterocycles. The van der Waals surface area contributed by atoms with Crippen LogP contribution in [0.4, 0.5) is 0 Å². The molecule has 2 aromatic rings. The van der Waals surface area contributed by atoms with E-state index in [1.165, 1.54) is 18.5 Å².